The number of ether oxygens (including phenoxy) is 1. The average molecular weight is 267 g/mol. The first-order valence-electron chi connectivity index (χ1n) is 7.17. The van der Waals surface area contributed by atoms with Gasteiger partial charge in [0.2, 0.25) is 0 Å². The van der Waals surface area contributed by atoms with Gasteiger partial charge in [-0.25, -0.2) is 0 Å². The van der Waals surface area contributed by atoms with Crippen LogP contribution in [0.1, 0.15) is 51.9 Å². The highest BCUT2D eigenvalue weighted by Crippen LogP contribution is 2.07. The smallest absolute Gasteiger partial charge is 0.327 e. The summed E-state index contributed by atoms with van der Waals surface area (Å²) < 4.78 is 6.63. The first-order valence-corrected chi connectivity index (χ1v) is 7.17. The summed E-state index contributed by atoms with van der Waals surface area (Å²) in [5.41, 5.74) is 5.46. The van der Waals surface area contributed by atoms with E-state index >= 15 is 0 Å². The summed E-state index contributed by atoms with van der Waals surface area (Å²) in [6.07, 6.45) is 10.2. The fourth-order valence-corrected chi connectivity index (χ4v) is 1.89. The van der Waals surface area contributed by atoms with E-state index in [2.05, 4.69) is 12.0 Å². The SMILES string of the molecule is CCCCCCCCCOC(=O)Cn1ccc(N)n1. The molecule has 0 saturated heterocycles. The monoisotopic (exact) mass is 267 g/mol. The molecule has 5 nitrogen and oxygen atoms in total. The molecule has 0 saturated carbocycles. The Morgan fingerprint density at radius 2 is 1.95 bits per heavy atom. The van der Waals surface area contributed by atoms with E-state index in [-0.39, 0.29) is 12.5 Å². The van der Waals surface area contributed by atoms with Crippen molar-refractivity contribution in [2.75, 3.05) is 12.3 Å². The number of hydrogen-bond donors (Lipinski definition) is 1. The van der Waals surface area contributed by atoms with Crippen LogP contribution in [0.5, 0.6) is 0 Å². The summed E-state index contributed by atoms with van der Waals surface area (Å²) >= 11 is 0. The molecule has 0 aliphatic rings. The molecule has 0 spiro atoms. The van der Waals surface area contributed by atoms with Crippen molar-refractivity contribution in [3.63, 3.8) is 0 Å². The summed E-state index contributed by atoms with van der Waals surface area (Å²) in [6.45, 7) is 2.85. The van der Waals surface area contributed by atoms with Crippen LogP contribution < -0.4 is 5.73 Å². The van der Waals surface area contributed by atoms with Gasteiger partial charge in [-0.05, 0) is 12.5 Å². The molecule has 0 unspecified atom stereocenters. The number of aromatic nitrogens is 2. The first kappa shape index (κ1) is 15.5. The molecule has 19 heavy (non-hydrogen) atoms. The van der Waals surface area contributed by atoms with E-state index < -0.39 is 0 Å². The molecule has 108 valence electrons. The van der Waals surface area contributed by atoms with E-state index in [1.807, 2.05) is 0 Å². The molecule has 0 radical (unpaired) electrons. The van der Waals surface area contributed by atoms with E-state index in [0.717, 1.165) is 12.8 Å². The van der Waals surface area contributed by atoms with Gasteiger partial charge in [0.1, 0.15) is 12.4 Å². The molecular weight excluding hydrogens is 242 g/mol. The van der Waals surface area contributed by atoms with Crippen LogP contribution >= 0.6 is 0 Å². The van der Waals surface area contributed by atoms with Crippen LogP contribution in [0.2, 0.25) is 0 Å². The van der Waals surface area contributed by atoms with Crippen molar-refractivity contribution in [2.24, 2.45) is 0 Å². The van der Waals surface area contributed by atoms with Gasteiger partial charge in [-0.1, -0.05) is 45.4 Å². The summed E-state index contributed by atoms with van der Waals surface area (Å²) in [4.78, 5) is 11.5. The molecule has 0 amide bonds. The number of nitrogens with two attached hydrogens (primary N) is 1. The lowest BCUT2D eigenvalue weighted by molar-refractivity contribution is -0.144. The number of nitrogens with zero attached hydrogens (tertiary/aromatic N) is 2. The van der Waals surface area contributed by atoms with Crippen molar-refractivity contribution >= 4 is 11.8 Å². The van der Waals surface area contributed by atoms with Gasteiger partial charge in [-0.15, -0.1) is 0 Å². The molecule has 1 heterocycles. The van der Waals surface area contributed by atoms with Crippen molar-refractivity contribution < 1.29 is 9.53 Å². The molecule has 5 heteroatoms. The Bertz CT molecular complexity index is 363. The number of rotatable bonds is 10. The number of carbonyl (C=O) groups excluding carboxylic acids is 1. The van der Waals surface area contributed by atoms with Gasteiger partial charge >= 0.3 is 5.97 Å². The Morgan fingerprint density at radius 3 is 2.58 bits per heavy atom. The van der Waals surface area contributed by atoms with Crippen molar-refractivity contribution in [3.8, 4) is 0 Å². The lowest BCUT2D eigenvalue weighted by Crippen LogP contribution is -2.14. The van der Waals surface area contributed by atoms with Crippen molar-refractivity contribution in [1.29, 1.82) is 0 Å². The van der Waals surface area contributed by atoms with Crippen LogP contribution in [0.4, 0.5) is 5.82 Å². The minimum absolute atomic E-state index is 0.133. The Kier molecular flexibility index (Phi) is 7.70. The van der Waals surface area contributed by atoms with Crippen molar-refractivity contribution in [3.05, 3.63) is 12.3 Å². The van der Waals surface area contributed by atoms with Gasteiger partial charge in [0.25, 0.3) is 0 Å². The molecular formula is C14H25N3O2. The molecule has 1 aromatic heterocycles. The number of anilines is 1. The van der Waals surface area contributed by atoms with Gasteiger partial charge in [-0.3, -0.25) is 9.48 Å². The average Bonchev–Trinajstić information content (AvgIpc) is 2.78. The maximum atomic E-state index is 11.5. The molecule has 0 bridgehead atoms. The predicted molar refractivity (Wildman–Crippen MR) is 75.6 cm³/mol. The molecule has 1 rings (SSSR count). The normalized spacial score (nSPS) is 10.6. The third-order valence-electron chi connectivity index (χ3n) is 2.96. The minimum Gasteiger partial charge on any atom is -0.464 e. The molecule has 1 aromatic rings. The van der Waals surface area contributed by atoms with Gasteiger partial charge in [0, 0.05) is 6.20 Å². The third-order valence-corrected chi connectivity index (χ3v) is 2.96. The van der Waals surface area contributed by atoms with Crippen LogP contribution in [0.25, 0.3) is 0 Å². The highest BCUT2D eigenvalue weighted by molar-refractivity contribution is 5.69. The van der Waals surface area contributed by atoms with Crippen LogP contribution in [-0.4, -0.2) is 22.4 Å². The number of hydrogen-bond acceptors (Lipinski definition) is 4. The van der Waals surface area contributed by atoms with E-state index in [1.165, 1.54) is 36.8 Å². The Labute approximate surface area is 115 Å². The second-order valence-electron chi connectivity index (χ2n) is 4.78. The van der Waals surface area contributed by atoms with Gasteiger partial charge in [-0.2, -0.15) is 5.10 Å². The number of esters is 1. The quantitative estimate of drug-likeness (QED) is 0.522. The van der Waals surface area contributed by atoms with Crippen molar-refractivity contribution in [2.45, 2.75) is 58.4 Å². The molecule has 0 atom stereocenters. The largest absolute Gasteiger partial charge is 0.464 e. The van der Waals surface area contributed by atoms with Gasteiger partial charge in [0.05, 0.1) is 6.61 Å². The molecule has 0 aromatic carbocycles. The topological polar surface area (TPSA) is 70.1 Å². The third kappa shape index (κ3) is 7.49. The standard InChI is InChI=1S/C14H25N3O2/c1-2-3-4-5-6-7-8-11-19-14(18)12-17-10-9-13(15)16-17/h9-10H,2-8,11-12H2,1H3,(H2,15,16). The molecule has 0 aliphatic heterocycles. The van der Waals surface area contributed by atoms with Crippen LogP contribution in [0.15, 0.2) is 12.3 Å². The zero-order valence-corrected chi connectivity index (χ0v) is 11.8. The minimum atomic E-state index is -0.255. The lowest BCUT2D eigenvalue weighted by Gasteiger charge is -2.05. The van der Waals surface area contributed by atoms with E-state index in [1.54, 1.807) is 12.3 Å². The second kappa shape index (κ2) is 9.42. The summed E-state index contributed by atoms with van der Waals surface area (Å²) in [5.74, 6) is 0.161. The number of nitrogen functional groups attached to an aromatic ring is 1. The Hall–Kier alpha value is -1.52. The van der Waals surface area contributed by atoms with Crippen LogP contribution in [0, 0.1) is 0 Å². The van der Waals surface area contributed by atoms with Crippen molar-refractivity contribution in [1.82, 2.24) is 9.78 Å². The van der Waals surface area contributed by atoms with E-state index in [0.29, 0.717) is 12.4 Å². The maximum absolute atomic E-state index is 11.5. The first-order chi connectivity index (χ1) is 9.22. The summed E-state index contributed by atoms with van der Waals surface area (Å²) in [7, 11) is 0. The fourth-order valence-electron chi connectivity index (χ4n) is 1.89. The van der Waals surface area contributed by atoms with E-state index in [9.17, 15) is 4.79 Å². The second-order valence-corrected chi connectivity index (χ2v) is 4.78. The Balaban J connectivity index is 1.96. The lowest BCUT2D eigenvalue weighted by atomic mass is 10.1. The molecule has 0 aliphatic carbocycles. The predicted octanol–water partition coefficient (Wildman–Crippen LogP) is 2.76. The highest BCUT2D eigenvalue weighted by Gasteiger charge is 2.04. The Morgan fingerprint density at radius 1 is 1.26 bits per heavy atom. The molecule has 2 N–H and O–H groups in total. The van der Waals surface area contributed by atoms with Gasteiger partial charge < -0.3 is 10.5 Å². The van der Waals surface area contributed by atoms with Crippen LogP contribution in [0.3, 0.4) is 0 Å². The zero-order valence-electron chi connectivity index (χ0n) is 11.8. The van der Waals surface area contributed by atoms with Gasteiger partial charge in [0.15, 0.2) is 0 Å². The van der Waals surface area contributed by atoms with Crippen LogP contribution in [-0.2, 0) is 16.1 Å². The fraction of sp³-hybridized carbons (Fsp3) is 0.714. The maximum Gasteiger partial charge on any atom is 0.327 e. The summed E-state index contributed by atoms with van der Waals surface area (Å²) in [6, 6.07) is 1.66. The van der Waals surface area contributed by atoms with E-state index in [4.69, 9.17) is 10.5 Å². The summed E-state index contributed by atoms with van der Waals surface area (Å²) in [5, 5.41) is 3.93. The zero-order chi connectivity index (χ0) is 13.9. The number of carbonyl (C=O) groups is 1. The molecule has 0 fully saturated rings. The highest BCUT2D eigenvalue weighted by atomic mass is 16.5. The number of unbranched alkanes of at least 4 members (excludes halogenated alkanes) is 6.